The normalized spacial score (nSPS) is 12.2. The summed E-state index contributed by atoms with van der Waals surface area (Å²) in [4.78, 5) is 37.2. The van der Waals surface area contributed by atoms with E-state index < -0.39 is 17.7 Å². The Kier molecular flexibility index (Phi) is 10.4. The Morgan fingerprint density at radius 1 is 1.00 bits per heavy atom. The molecule has 0 heterocycles. The molecule has 0 unspecified atom stereocenters. The number of allylic oxidation sites excluding steroid dienone is 1. The number of rotatable bonds is 10. The minimum Gasteiger partial charge on any atom is -0.366 e. The number of carbonyl (C=O) groups excluding carboxylic acids is 3. The van der Waals surface area contributed by atoms with E-state index >= 15 is 0 Å². The lowest BCUT2D eigenvalue weighted by molar-refractivity contribution is -0.130. The summed E-state index contributed by atoms with van der Waals surface area (Å²) >= 11 is 0. The van der Waals surface area contributed by atoms with Crippen molar-refractivity contribution in [2.45, 2.75) is 18.9 Å². The van der Waals surface area contributed by atoms with Crippen LogP contribution < -0.4 is 21.8 Å². The molecule has 194 valence electrons. The summed E-state index contributed by atoms with van der Waals surface area (Å²) in [6.45, 7) is 1.77. The van der Waals surface area contributed by atoms with Crippen molar-refractivity contribution in [1.82, 2.24) is 16.1 Å². The summed E-state index contributed by atoms with van der Waals surface area (Å²) in [7, 11) is 0. The van der Waals surface area contributed by atoms with E-state index in [4.69, 9.17) is 5.73 Å². The average molecular weight is 511 g/mol. The summed E-state index contributed by atoms with van der Waals surface area (Å²) in [6, 6.07) is 23.9. The second-order valence-electron chi connectivity index (χ2n) is 8.53. The molecule has 3 aromatic rings. The van der Waals surface area contributed by atoms with Gasteiger partial charge in [-0.2, -0.15) is 0 Å². The van der Waals surface area contributed by atoms with Crippen molar-refractivity contribution in [2.75, 3.05) is 13.1 Å². The smallest absolute Gasteiger partial charge is 0.252 e. The minimum atomic E-state index is -1.08. The summed E-state index contributed by atoms with van der Waals surface area (Å²) in [5.41, 5.74) is 10.0. The highest BCUT2D eigenvalue weighted by Gasteiger charge is 2.26. The molecule has 0 aliphatic carbocycles. The standard InChI is InChI=1S/C30H30N4O4/c1-21(24-14-6-3-7-15-24)32-20-28(35)33-19-27(30(37)34-38)26-18-23(16-17-25(26)29(31)36)13-9-8-12-22-10-4-2-5-11-22/h2-8,10-12,14-18,21,27,32,38H,19-20H2,1H3,(H2,31,36)(H,33,35)(H,34,37)/b12-8+/t21-,27+/m0/s1. The lowest BCUT2D eigenvalue weighted by atomic mass is 9.91. The van der Waals surface area contributed by atoms with Gasteiger partial charge in [-0.25, -0.2) is 5.48 Å². The zero-order valence-electron chi connectivity index (χ0n) is 21.0. The SMILES string of the molecule is C[C@H](NCC(=O)NC[C@@H](C(=O)NO)c1cc(C#C/C=C/c2ccccc2)ccc1C(N)=O)c1ccccc1. The second kappa shape index (κ2) is 14.1. The van der Waals surface area contributed by atoms with Crippen molar-refractivity contribution in [3.8, 4) is 11.8 Å². The number of hydrogen-bond acceptors (Lipinski definition) is 5. The van der Waals surface area contributed by atoms with Gasteiger partial charge < -0.3 is 16.4 Å². The molecule has 0 saturated carbocycles. The van der Waals surface area contributed by atoms with Crippen molar-refractivity contribution < 1.29 is 19.6 Å². The number of nitrogens with one attached hydrogen (secondary N) is 3. The van der Waals surface area contributed by atoms with Crippen LogP contribution in [-0.4, -0.2) is 36.0 Å². The Labute approximate surface area is 221 Å². The number of amides is 3. The maximum Gasteiger partial charge on any atom is 0.252 e. The molecular formula is C30H30N4O4. The van der Waals surface area contributed by atoms with Crippen molar-refractivity contribution in [2.24, 2.45) is 5.73 Å². The second-order valence-corrected chi connectivity index (χ2v) is 8.53. The fourth-order valence-electron chi connectivity index (χ4n) is 3.79. The van der Waals surface area contributed by atoms with Crippen LogP contribution >= 0.6 is 0 Å². The summed E-state index contributed by atoms with van der Waals surface area (Å²) < 4.78 is 0. The number of hydrogen-bond donors (Lipinski definition) is 5. The van der Waals surface area contributed by atoms with Gasteiger partial charge in [-0.05, 0) is 54.0 Å². The Hall–Kier alpha value is -4.71. The molecule has 38 heavy (non-hydrogen) atoms. The van der Waals surface area contributed by atoms with Crippen LogP contribution in [0.1, 0.15) is 51.5 Å². The van der Waals surface area contributed by atoms with E-state index in [-0.39, 0.29) is 36.2 Å². The van der Waals surface area contributed by atoms with Crippen LogP contribution in [0.25, 0.3) is 6.08 Å². The predicted molar refractivity (Wildman–Crippen MR) is 146 cm³/mol. The molecule has 3 aromatic carbocycles. The van der Waals surface area contributed by atoms with Crippen molar-refractivity contribution in [3.63, 3.8) is 0 Å². The van der Waals surface area contributed by atoms with Gasteiger partial charge in [-0.1, -0.05) is 72.5 Å². The van der Waals surface area contributed by atoms with Crippen LogP contribution in [0.2, 0.25) is 0 Å². The molecule has 0 aliphatic rings. The molecule has 8 nitrogen and oxygen atoms in total. The molecule has 0 aromatic heterocycles. The van der Waals surface area contributed by atoms with E-state index in [0.29, 0.717) is 5.56 Å². The Bertz CT molecular complexity index is 1340. The van der Waals surface area contributed by atoms with Crippen LogP contribution in [0.5, 0.6) is 0 Å². The molecule has 8 heteroatoms. The van der Waals surface area contributed by atoms with Crippen LogP contribution in [0.4, 0.5) is 0 Å². The topological polar surface area (TPSA) is 134 Å². The molecule has 0 fully saturated rings. The van der Waals surface area contributed by atoms with Gasteiger partial charge in [0.05, 0.1) is 12.5 Å². The lowest BCUT2D eigenvalue weighted by Crippen LogP contribution is -2.41. The van der Waals surface area contributed by atoms with Gasteiger partial charge in [-0.15, -0.1) is 0 Å². The zero-order valence-corrected chi connectivity index (χ0v) is 21.0. The van der Waals surface area contributed by atoms with Crippen molar-refractivity contribution in [3.05, 3.63) is 113 Å². The Morgan fingerprint density at radius 2 is 1.68 bits per heavy atom. The molecule has 2 atom stereocenters. The highest BCUT2D eigenvalue weighted by molar-refractivity contribution is 5.97. The Morgan fingerprint density at radius 3 is 2.34 bits per heavy atom. The third-order valence-electron chi connectivity index (χ3n) is 5.87. The van der Waals surface area contributed by atoms with Gasteiger partial charge in [0.1, 0.15) is 0 Å². The van der Waals surface area contributed by atoms with E-state index in [0.717, 1.165) is 11.1 Å². The first-order valence-corrected chi connectivity index (χ1v) is 12.0. The van der Waals surface area contributed by atoms with Gasteiger partial charge >= 0.3 is 0 Å². The quantitative estimate of drug-likeness (QED) is 0.162. The molecular weight excluding hydrogens is 480 g/mol. The van der Waals surface area contributed by atoms with Crippen LogP contribution in [0.15, 0.2) is 84.9 Å². The van der Waals surface area contributed by atoms with Crippen LogP contribution in [0, 0.1) is 11.8 Å². The third-order valence-corrected chi connectivity index (χ3v) is 5.87. The summed E-state index contributed by atoms with van der Waals surface area (Å²) in [6.07, 6.45) is 3.55. The summed E-state index contributed by atoms with van der Waals surface area (Å²) in [5, 5.41) is 15.1. The first kappa shape index (κ1) is 27.9. The third kappa shape index (κ3) is 8.17. The van der Waals surface area contributed by atoms with Crippen molar-refractivity contribution >= 4 is 23.8 Å². The molecule has 0 spiro atoms. The molecule has 0 bridgehead atoms. The summed E-state index contributed by atoms with van der Waals surface area (Å²) in [5.74, 6) is 2.91. The molecule has 3 amide bonds. The molecule has 3 rings (SSSR count). The van der Waals surface area contributed by atoms with Crippen molar-refractivity contribution in [1.29, 1.82) is 0 Å². The van der Waals surface area contributed by atoms with E-state index in [1.807, 2.05) is 73.7 Å². The maximum atomic E-state index is 12.6. The maximum absolute atomic E-state index is 12.6. The minimum absolute atomic E-state index is 0.00542. The molecule has 6 N–H and O–H groups in total. The van der Waals surface area contributed by atoms with Crippen LogP contribution in [0.3, 0.4) is 0 Å². The number of primary amides is 1. The van der Waals surface area contributed by atoms with E-state index in [2.05, 4.69) is 22.5 Å². The fourth-order valence-corrected chi connectivity index (χ4v) is 3.79. The first-order chi connectivity index (χ1) is 18.4. The van der Waals surface area contributed by atoms with E-state index in [1.165, 1.54) is 6.07 Å². The largest absolute Gasteiger partial charge is 0.366 e. The zero-order chi connectivity index (χ0) is 27.3. The molecule has 0 aliphatic heterocycles. The van der Waals surface area contributed by atoms with Gasteiger partial charge in [0.25, 0.3) is 5.91 Å². The Balaban J connectivity index is 1.74. The van der Waals surface area contributed by atoms with Gasteiger partial charge in [0, 0.05) is 23.7 Å². The highest BCUT2D eigenvalue weighted by atomic mass is 16.5. The van der Waals surface area contributed by atoms with E-state index in [9.17, 15) is 19.6 Å². The van der Waals surface area contributed by atoms with Crippen LogP contribution in [-0.2, 0) is 9.59 Å². The number of benzene rings is 3. The van der Waals surface area contributed by atoms with Gasteiger partial charge in [-0.3, -0.25) is 19.6 Å². The van der Waals surface area contributed by atoms with Gasteiger partial charge in [0.2, 0.25) is 11.8 Å². The monoisotopic (exact) mass is 510 g/mol. The number of carbonyl (C=O) groups is 3. The average Bonchev–Trinajstić information content (AvgIpc) is 2.95. The highest BCUT2D eigenvalue weighted by Crippen LogP contribution is 2.22. The molecule has 0 saturated heterocycles. The number of nitrogens with two attached hydrogens (primary N) is 1. The van der Waals surface area contributed by atoms with Gasteiger partial charge in [0.15, 0.2) is 0 Å². The fraction of sp³-hybridized carbons (Fsp3) is 0.167. The lowest BCUT2D eigenvalue weighted by Gasteiger charge is -2.19. The first-order valence-electron chi connectivity index (χ1n) is 12.0. The molecule has 0 radical (unpaired) electrons. The predicted octanol–water partition coefficient (Wildman–Crippen LogP) is 2.91. The number of hydroxylamine groups is 1. The van der Waals surface area contributed by atoms with E-state index in [1.54, 1.807) is 23.7 Å².